The van der Waals surface area contributed by atoms with Crippen LogP contribution in [-0.2, 0) is 0 Å². The van der Waals surface area contributed by atoms with Crippen LogP contribution < -0.4 is 4.90 Å². The van der Waals surface area contributed by atoms with Crippen LogP contribution in [0.3, 0.4) is 0 Å². The number of nitro benzene ring substituents is 1. The number of imide groups is 1. The number of nitrogens with zero attached hydrogens (tertiary/aromatic N) is 3. The first kappa shape index (κ1) is 22.2. The molecule has 0 saturated carbocycles. The average molecular weight is 421 g/mol. The van der Waals surface area contributed by atoms with E-state index in [-0.39, 0.29) is 17.5 Å². The summed E-state index contributed by atoms with van der Waals surface area (Å²) in [4.78, 5) is 39.3. The van der Waals surface area contributed by atoms with Gasteiger partial charge in [0.15, 0.2) is 0 Å². The summed E-state index contributed by atoms with van der Waals surface area (Å²) in [6.45, 7) is 6.14. The van der Waals surface area contributed by atoms with Gasteiger partial charge in [0, 0.05) is 37.1 Å². The van der Waals surface area contributed by atoms with Crippen molar-refractivity contribution in [1.82, 2.24) is 4.90 Å². The predicted octanol–water partition coefficient (Wildman–Crippen LogP) is 5.27. The maximum Gasteiger partial charge on any atom is 0.269 e. The lowest BCUT2D eigenvalue weighted by Gasteiger charge is -2.25. The van der Waals surface area contributed by atoms with E-state index in [1.54, 1.807) is 24.3 Å². The van der Waals surface area contributed by atoms with Gasteiger partial charge in [0.2, 0.25) is 0 Å². The van der Waals surface area contributed by atoms with Crippen LogP contribution in [0.1, 0.15) is 65.8 Å². The minimum Gasteiger partial charge on any atom is -0.372 e. The van der Waals surface area contributed by atoms with Crippen molar-refractivity contribution in [3.63, 3.8) is 0 Å². The Morgan fingerprint density at radius 3 is 2.13 bits per heavy atom. The van der Waals surface area contributed by atoms with Crippen LogP contribution in [0.2, 0.25) is 0 Å². The van der Waals surface area contributed by atoms with E-state index in [2.05, 4.69) is 18.7 Å². The first-order chi connectivity index (χ1) is 15.0. The zero-order valence-electron chi connectivity index (χ0n) is 17.9. The average Bonchev–Trinajstić information content (AvgIpc) is 3.02. The molecule has 0 radical (unpaired) electrons. The minimum absolute atomic E-state index is 0.0129. The summed E-state index contributed by atoms with van der Waals surface area (Å²) in [6, 6.07) is 11.4. The van der Waals surface area contributed by atoms with Crippen LogP contribution in [0.25, 0.3) is 6.08 Å². The normalized spacial score (nSPS) is 13.2. The SMILES string of the molecule is CCCCN(CCCC)c1ccc2c(c1)C(=O)N(C=Cc1ccc([N+](=O)[O-])cc1)C2=O. The number of carbonyl (C=O) groups is 2. The van der Waals surface area contributed by atoms with Gasteiger partial charge < -0.3 is 4.90 Å². The largest absolute Gasteiger partial charge is 0.372 e. The summed E-state index contributed by atoms with van der Waals surface area (Å²) in [6.07, 6.45) is 7.34. The molecule has 2 aromatic carbocycles. The molecule has 0 bridgehead atoms. The molecule has 1 aliphatic rings. The number of unbranched alkanes of at least 4 members (excludes halogenated alkanes) is 2. The summed E-state index contributed by atoms with van der Waals surface area (Å²) in [7, 11) is 0. The second-order valence-corrected chi connectivity index (χ2v) is 7.57. The number of fused-ring (bicyclic) bond motifs is 1. The smallest absolute Gasteiger partial charge is 0.269 e. The molecule has 1 aliphatic heterocycles. The highest BCUT2D eigenvalue weighted by atomic mass is 16.6. The van der Waals surface area contributed by atoms with Crippen molar-refractivity contribution in [2.45, 2.75) is 39.5 Å². The van der Waals surface area contributed by atoms with Crippen molar-refractivity contribution in [2.75, 3.05) is 18.0 Å². The van der Waals surface area contributed by atoms with Gasteiger partial charge >= 0.3 is 0 Å². The van der Waals surface area contributed by atoms with E-state index in [4.69, 9.17) is 0 Å². The highest BCUT2D eigenvalue weighted by molar-refractivity contribution is 6.22. The molecule has 0 saturated heterocycles. The summed E-state index contributed by atoms with van der Waals surface area (Å²) in [5.41, 5.74) is 2.42. The van der Waals surface area contributed by atoms with Crippen LogP contribution in [0.4, 0.5) is 11.4 Å². The summed E-state index contributed by atoms with van der Waals surface area (Å²) < 4.78 is 0. The summed E-state index contributed by atoms with van der Waals surface area (Å²) in [5.74, 6) is -0.718. The van der Waals surface area contributed by atoms with Gasteiger partial charge in [-0.25, -0.2) is 4.90 Å². The molecule has 0 fully saturated rings. The Balaban J connectivity index is 1.80. The number of nitro groups is 1. The number of amides is 2. The molecule has 0 unspecified atom stereocenters. The molecular formula is C24H27N3O4. The van der Waals surface area contributed by atoms with Crippen molar-refractivity contribution in [2.24, 2.45) is 0 Å². The number of anilines is 1. The second-order valence-electron chi connectivity index (χ2n) is 7.57. The van der Waals surface area contributed by atoms with Gasteiger partial charge in [0.1, 0.15) is 0 Å². The van der Waals surface area contributed by atoms with Crippen molar-refractivity contribution in [3.05, 3.63) is 75.5 Å². The maximum atomic E-state index is 12.9. The molecule has 3 rings (SSSR count). The molecule has 7 nitrogen and oxygen atoms in total. The van der Waals surface area contributed by atoms with Gasteiger partial charge in [0.05, 0.1) is 16.1 Å². The number of rotatable bonds is 10. The maximum absolute atomic E-state index is 12.9. The van der Waals surface area contributed by atoms with E-state index < -0.39 is 4.92 Å². The Labute approximate surface area is 182 Å². The molecule has 0 N–H and O–H groups in total. The Morgan fingerprint density at radius 2 is 1.55 bits per heavy atom. The van der Waals surface area contributed by atoms with E-state index in [0.717, 1.165) is 49.4 Å². The lowest BCUT2D eigenvalue weighted by Crippen LogP contribution is -2.26. The number of benzene rings is 2. The van der Waals surface area contributed by atoms with Gasteiger partial charge in [-0.1, -0.05) is 26.7 Å². The number of carbonyl (C=O) groups excluding carboxylic acids is 2. The fraction of sp³-hybridized carbons (Fsp3) is 0.333. The lowest BCUT2D eigenvalue weighted by atomic mass is 10.1. The van der Waals surface area contributed by atoms with E-state index in [1.165, 1.54) is 18.3 Å². The first-order valence-electron chi connectivity index (χ1n) is 10.7. The van der Waals surface area contributed by atoms with Gasteiger partial charge in [-0.2, -0.15) is 0 Å². The fourth-order valence-electron chi connectivity index (χ4n) is 3.52. The van der Waals surface area contributed by atoms with Crippen molar-refractivity contribution in [3.8, 4) is 0 Å². The predicted molar refractivity (Wildman–Crippen MR) is 121 cm³/mol. The topological polar surface area (TPSA) is 83.8 Å². The van der Waals surface area contributed by atoms with Crippen LogP contribution in [0.5, 0.6) is 0 Å². The number of hydrogen-bond donors (Lipinski definition) is 0. The molecule has 2 aromatic rings. The van der Waals surface area contributed by atoms with Crippen LogP contribution in [-0.4, -0.2) is 34.7 Å². The van der Waals surface area contributed by atoms with E-state index >= 15 is 0 Å². The molecule has 162 valence electrons. The second kappa shape index (κ2) is 10.0. The number of non-ortho nitro benzene ring substituents is 1. The van der Waals surface area contributed by atoms with Crippen LogP contribution >= 0.6 is 0 Å². The molecule has 2 amide bonds. The molecule has 0 aliphatic carbocycles. The molecular weight excluding hydrogens is 394 g/mol. The number of hydrogen-bond acceptors (Lipinski definition) is 5. The molecule has 31 heavy (non-hydrogen) atoms. The van der Waals surface area contributed by atoms with E-state index in [9.17, 15) is 19.7 Å². The Kier molecular flexibility index (Phi) is 7.18. The molecule has 0 spiro atoms. The third-order valence-corrected chi connectivity index (χ3v) is 5.35. The van der Waals surface area contributed by atoms with Crippen molar-refractivity contribution in [1.29, 1.82) is 0 Å². The fourth-order valence-corrected chi connectivity index (χ4v) is 3.52. The highest BCUT2D eigenvalue weighted by Crippen LogP contribution is 2.28. The van der Waals surface area contributed by atoms with Gasteiger partial charge in [0.25, 0.3) is 17.5 Å². The third kappa shape index (κ3) is 4.99. The molecule has 0 atom stereocenters. The zero-order valence-corrected chi connectivity index (χ0v) is 17.9. The van der Waals surface area contributed by atoms with Gasteiger partial charge in [-0.3, -0.25) is 19.7 Å². The van der Waals surface area contributed by atoms with Gasteiger partial charge in [-0.05, 0) is 54.8 Å². The highest BCUT2D eigenvalue weighted by Gasteiger charge is 2.34. The first-order valence-corrected chi connectivity index (χ1v) is 10.7. The van der Waals surface area contributed by atoms with Crippen molar-refractivity contribution < 1.29 is 14.5 Å². The lowest BCUT2D eigenvalue weighted by molar-refractivity contribution is -0.384. The molecule has 1 heterocycles. The van der Waals surface area contributed by atoms with E-state index in [1.807, 2.05) is 12.1 Å². The Morgan fingerprint density at radius 1 is 0.935 bits per heavy atom. The Hall–Kier alpha value is -3.48. The quantitative estimate of drug-likeness (QED) is 0.296. The summed E-state index contributed by atoms with van der Waals surface area (Å²) >= 11 is 0. The monoisotopic (exact) mass is 421 g/mol. The minimum atomic E-state index is -0.473. The van der Waals surface area contributed by atoms with E-state index in [0.29, 0.717) is 16.7 Å². The van der Waals surface area contributed by atoms with Gasteiger partial charge in [-0.15, -0.1) is 0 Å². The molecule has 7 heteroatoms. The van der Waals surface area contributed by atoms with Crippen LogP contribution in [0, 0.1) is 10.1 Å². The molecule has 0 aromatic heterocycles. The van der Waals surface area contributed by atoms with Crippen molar-refractivity contribution >= 4 is 29.3 Å². The standard InChI is InChI=1S/C24H27N3O4/c1-3-5-14-25(15-6-4-2)20-11-12-21-22(17-20)24(29)26(23(21)28)16-13-18-7-9-19(10-8-18)27(30)31/h7-13,16-17H,3-6,14-15H2,1-2H3. The summed E-state index contributed by atoms with van der Waals surface area (Å²) in [5, 5.41) is 10.8. The Bertz CT molecular complexity index is 990. The third-order valence-electron chi connectivity index (χ3n) is 5.35. The zero-order chi connectivity index (χ0) is 22.4. The van der Waals surface area contributed by atoms with Crippen LogP contribution in [0.15, 0.2) is 48.7 Å².